The quantitative estimate of drug-likeness (QED) is 0.855. The molecule has 2 aliphatic rings. The van der Waals surface area contributed by atoms with Crippen LogP contribution >= 0.6 is 0 Å². The first-order valence-corrected chi connectivity index (χ1v) is 8.28. The number of nitrogens with zero attached hydrogens (tertiary/aromatic N) is 2. The van der Waals surface area contributed by atoms with E-state index in [4.69, 9.17) is 9.47 Å². The van der Waals surface area contributed by atoms with Gasteiger partial charge in [-0.15, -0.1) is 0 Å². The summed E-state index contributed by atoms with van der Waals surface area (Å²) in [5.41, 5.74) is 1.12. The zero-order valence-corrected chi connectivity index (χ0v) is 13.8. The fourth-order valence-electron chi connectivity index (χ4n) is 3.06. The highest BCUT2D eigenvalue weighted by Gasteiger charge is 2.28. The zero-order valence-electron chi connectivity index (χ0n) is 13.8. The fourth-order valence-corrected chi connectivity index (χ4v) is 3.06. The van der Waals surface area contributed by atoms with Gasteiger partial charge in [-0.1, -0.05) is 12.1 Å². The molecule has 5 nitrogen and oxygen atoms in total. The van der Waals surface area contributed by atoms with Crippen LogP contribution in [0.2, 0.25) is 0 Å². The number of likely N-dealkylation sites (N-methyl/N-ethyl adjacent to an activating group) is 2. The molecule has 0 saturated carbocycles. The minimum Gasteiger partial charge on any atom is -0.488 e. The number of hydrogen-bond acceptors (Lipinski definition) is 4. The van der Waals surface area contributed by atoms with Gasteiger partial charge in [-0.25, -0.2) is 0 Å². The van der Waals surface area contributed by atoms with Crippen molar-refractivity contribution in [2.75, 3.05) is 38.2 Å². The highest BCUT2D eigenvalue weighted by atomic mass is 16.5. The van der Waals surface area contributed by atoms with E-state index in [0.29, 0.717) is 18.9 Å². The van der Waals surface area contributed by atoms with Gasteiger partial charge in [-0.2, -0.15) is 0 Å². The summed E-state index contributed by atoms with van der Waals surface area (Å²) in [6.45, 7) is 5.01. The summed E-state index contributed by atoms with van der Waals surface area (Å²) in [6, 6.07) is 8.06. The van der Waals surface area contributed by atoms with Crippen molar-refractivity contribution in [1.29, 1.82) is 0 Å². The summed E-state index contributed by atoms with van der Waals surface area (Å²) < 4.78 is 11.5. The Hall–Kier alpha value is -2.17. The number of anilines is 1. The molecule has 0 N–H and O–H groups in total. The van der Waals surface area contributed by atoms with Crippen molar-refractivity contribution in [3.63, 3.8) is 0 Å². The average molecular weight is 316 g/mol. The molecular weight excluding hydrogens is 292 g/mol. The summed E-state index contributed by atoms with van der Waals surface area (Å²) in [4.78, 5) is 16.4. The van der Waals surface area contributed by atoms with Crippen LogP contribution in [-0.2, 0) is 9.53 Å². The first-order valence-electron chi connectivity index (χ1n) is 8.28. The smallest absolute Gasteiger partial charge is 0.288 e. The summed E-state index contributed by atoms with van der Waals surface area (Å²) in [6.07, 6.45) is 3.74. The lowest BCUT2D eigenvalue weighted by molar-refractivity contribution is -0.130. The minimum atomic E-state index is -0.0600. The molecule has 0 bridgehead atoms. The van der Waals surface area contributed by atoms with Gasteiger partial charge >= 0.3 is 0 Å². The molecule has 0 aliphatic carbocycles. The van der Waals surface area contributed by atoms with Crippen molar-refractivity contribution in [3.8, 4) is 5.75 Å². The van der Waals surface area contributed by atoms with Crippen molar-refractivity contribution in [2.45, 2.75) is 25.9 Å². The second kappa shape index (κ2) is 6.94. The highest BCUT2D eigenvalue weighted by molar-refractivity contribution is 5.91. The van der Waals surface area contributed by atoms with E-state index < -0.39 is 0 Å². The zero-order chi connectivity index (χ0) is 16.2. The SMILES string of the molecule is CCN1CC(CN(C)C(=O)C2=CCCCO2)Oc2ccccc21. The number of allylic oxidation sites excluding steroid dienone is 1. The number of amides is 1. The molecule has 1 aromatic carbocycles. The van der Waals surface area contributed by atoms with Gasteiger partial charge in [-0.3, -0.25) is 4.79 Å². The third kappa shape index (κ3) is 3.44. The summed E-state index contributed by atoms with van der Waals surface area (Å²) in [5.74, 6) is 1.30. The maximum Gasteiger partial charge on any atom is 0.288 e. The van der Waals surface area contributed by atoms with Crippen LogP contribution in [0.3, 0.4) is 0 Å². The van der Waals surface area contributed by atoms with Crippen LogP contribution in [0.1, 0.15) is 19.8 Å². The van der Waals surface area contributed by atoms with E-state index in [0.717, 1.165) is 37.4 Å². The van der Waals surface area contributed by atoms with Crippen LogP contribution in [0.25, 0.3) is 0 Å². The van der Waals surface area contributed by atoms with E-state index in [1.54, 1.807) is 11.9 Å². The fraction of sp³-hybridized carbons (Fsp3) is 0.500. The van der Waals surface area contributed by atoms with E-state index >= 15 is 0 Å². The lowest BCUT2D eigenvalue weighted by Gasteiger charge is -2.37. The van der Waals surface area contributed by atoms with Crippen molar-refractivity contribution in [1.82, 2.24) is 4.90 Å². The molecule has 1 aromatic rings. The number of carbonyl (C=O) groups excluding carboxylic acids is 1. The Labute approximate surface area is 137 Å². The van der Waals surface area contributed by atoms with E-state index in [1.165, 1.54) is 0 Å². The van der Waals surface area contributed by atoms with Crippen LogP contribution in [0, 0.1) is 0 Å². The number of ether oxygens (including phenoxy) is 2. The average Bonchev–Trinajstić information content (AvgIpc) is 2.61. The van der Waals surface area contributed by atoms with Crippen molar-refractivity contribution < 1.29 is 14.3 Å². The Morgan fingerprint density at radius 2 is 2.22 bits per heavy atom. The second-order valence-corrected chi connectivity index (χ2v) is 5.99. The highest BCUT2D eigenvalue weighted by Crippen LogP contribution is 2.32. The van der Waals surface area contributed by atoms with E-state index in [-0.39, 0.29) is 12.0 Å². The Morgan fingerprint density at radius 1 is 1.39 bits per heavy atom. The largest absolute Gasteiger partial charge is 0.488 e. The van der Waals surface area contributed by atoms with Crippen LogP contribution < -0.4 is 9.64 Å². The molecule has 0 fully saturated rings. The molecule has 1 amide bonds. The monoisotopic (exact) mass is 316 g/mol. The van der Waals surface area contributed by atoms with E-state index in [2.05, 4.69) is 17.9 Å². The molecule has 5 heteroatoms. The molecule has 0 radical (unpaired) electrons. The molecule has 3 rings (SSSR count). The van der Waals surface area contributed by atoms with Crippen LogP contribution in [-0.4, -0.2) is 50.2 Å². The molecule has 0 aromatic heterocycles. The van der Waals surface area contributed by atoms with Crippen molar-refractivity contribution >= 4 is 11.6 Å². The lowest BCUT2D eigenvalue weighted by atomic mass is 10.1. The molecule has 124 valence electrons. The molecule has 2 heterocycles. The predicted molar refractivity (Wildman–Crippen MR) is 89.7 cm³/mol. The van der Waals surface area contributed by atoms with Gasteiger partial charge in [0.05, 0.1) is 25.4 Å². The molecule has 0 saturated heterocycles. The molecule has 23 heavy (non-hydrogen) atoms. The minimum absolute atomic E-state index is 0.0389. The first-order chi connectivity index (χ1) is 11.2. The van der Waals surface area contributed by atoms with Gasteiger partial charge in [0.2, 0.25) is 0 Å². The molecule has 2 aliphatic heterocycles. The number of para-hydroxylation sites is 2. The normalized spacial score (nSPS) is 20.0. The van der Waals surface area contributed by atoms with Gasteiger partial charge in [-0.05, 0) is 38.0 Å². The van der Waals surface area contributed by atoms with Gasteiger partial charge < -0.3 is 19.3 Å². The number of benzene rings is 1. The van der Waals surface area contributed by atoms with E-state index in [1.807, 2.05) is 24.3 Å². The van der Waals surface area contributed by atoms with Gasteiger partial charge in [0.25, 0.3) is 5.91 Å². The summed E-state index contributed by atoms with van der Waals surface area (Å²) in [7, 11) is 1.81. The summed E-state index contributed by atoms with van der Waals surface area (Å²) >= 11 is 0. The van der Waals surface area contributed by atoms with Crippen LogP contribution in [0.4, 0.5) is 5.69 Å². The molecule has 0 spiro atoms. The van der Waals surface area contributed by atoms with Crippen LogP contribution in [0.15, 0.2) is 36.1 Å². The second-order valence-electron chi connectivity index (χ2n) is 5.99. The third-order valence-corrected chi connectivity index (χ3v) is 4.28. The number of rotatable bonds is 4. The Morgan fingerprint density at radius 3 is 2.96 bits per heavy atom. The number of fused-ring (bicyclic) bond motifs is 1. The van der Waals surface area contributed by atoms with Crippen molar-refractivity contribution in [2.24, 2.45) is 0 Å². The topological polar surface area (TPSA) is 42.0 Å². The standard InChI is InChI=1S/C18H24N2O3/c1-3-20-13-14(23-16-9-5-4-8-15(16)20)12-19(2)18(21)17-10-6-7-11-22-17/h4-5,8-10,14H,3,6-7,11-13H2,1-2H3. The molecular formula is C18H24N2O3. The first kappa shape index (κ1) is 15.7. The van der Waals surface area contributed by atoms with Gasteiger partial charge in [0, 0.05) is 13.6 Å². The lowest BCUT2D eigenvalue weighted by Crippen LogP contribution is -2.47. The molecule has 1 unspecified atom stereocenters. The molecule has 1 atom stereocenters. The van der Waals surface area contributed by atoms with Crippen molar-refractivity contribution in [3.05, 3.63) is 36.1 Å². The summed E-state index contributed by atoms with van der Waals surface area (Å²) in [5, 5.41) is 0. The van der Waals surface area contributed by atoms with E-state index in [9.17, 15) is 4.79 Å². The maximum absolute atomic E-state index is 12.4. The predicted octanol–water partition coefficient (Wildman–Crippen LogP) is 2.43. The van der Waals surface area contributed by atoms with Gasteiger partial charge in [0.1, 0.15) is 11.9 Å². The Balaban J connectivity index is 1.66. The Bertz CT molecular complexity index is 600. The van der Waals surface area contributed by atoms with Gasteiger partial charge in [0.15, 0.2) is 5.76 Å². The maximum atomic E-state index is 12.4. The van der Waals surface area contributed by atoms with Crippen LogP contribution in [0.5, 0.6) is 5.75 Å². The third-order valence-electron chi connectivity index (χ3n) is 4.28. The Kier molecular flexibility index (Phi) is 4.74. The number of hydrogen-bond donors (Lipinski definition) is 0. The number of carbonyl (C=O) groups is 1.